The quantitative estimate of drug-likeness (QED) is 0.891. The van der Waals surface area contributed by atoms with Gasteiger partial charge in [0, 0.05) is 44.9 Å². The van der Waals surface area contributed by atoms with E-state index in [1.165, 1.54) is 31.4 Å². The normalized spacial score (nSPS) is 25.6. The summed E-state index contributed by atoms with van der Waals surface area (Å²) in [5.41, 5.74) is 1.38. The molecule has 1 saturated heterocycles. The second kappa shape index (κ2) is 6.70. The topological polar surface area (TPSA) is 26.7 Å². The van der Waals surface area contributed by atoms with Crippen LogP contribution in [0.15, 0.2) is 30.3 Å². The van der Waals surface area contributed by atoms with Gasteiger partial charge in [-0.25, -0.2) is 0 Å². The van der Waals surface area contributed by atoms with E-state index >= 15 is 0 Å². The van der Waals surface area contributed by atoms with Crippen LogP contribution in [0.25, 0.3) is 0 Å². The van der Waals surface area contributed by atoms with Crippen molar-refractivity contribution in [2.75, 3.05) is 26.2 Å². The Morgan fingerprint density at radius 1 is 1.10 bits per heavy atom. The van der Waals surface area contributed by atoms with E-state index < -0.39 is 0 Å². The maximum Gasteiger partial charge on any atom is 0.0446 e. The first-order valence-electron chi connectivity index (χ1n) is 7.99. The zero-order chi connectivity index (χ0) is 13.8. The van der Waals surface area contributed by atoms with Crippen molar-refractivity contribution in [1.82, 2.24) is 9.80 Å². The molecular weight excluding hydrogens is 248 g/mol. The number of nitrogens with zero attached hydrogens (tertiary/aromatic N) is 2. The van der Waals surface area contributed by atoms with Gasteiger partial charge in [0.05, 0.1) is 0 Å². The van der Waals surface area contributed by atoms with Crippen molar-refractivity contribution in [2.24, 2.45) is 0 Å². The van der Waals surface area contributed by atoms with Crippen LogP contribution >= 0.6 is 0 Å². The summed E-state index contributed by atoms with van der Waals surface area (Å²) >= 11 is 0. The summed E-state index contributed by atoms with van der Waals surface area (Å²) in [4.78, 5) is 5.21. The fourth-order valence-electron chi connectivity index (χ4n) is 3.45. The van der Waals surface area contributed by atoms with Crippen LogP contribution in [0.3, 0.4) is 0 Å². The number of aliphatic hydroxyl groups is 1. The van der Waals surface area contributed by atoms with Gasteiger partial charge in [-0.2, -0.15) is 0 Å². The molecule has 20 heavy (non-hydrogen) atoms. The standard InChI is InChI=1S/C17H26N2O/c20-12-9-17-14-19(16-7-4-8-16)11-10-18(17)13-15-5-2-1-3-6-15/h1-3,5-6,16-17,20H,4,7-14H2. The van der Waals surface area contributed by atoms with Gasteiger partial charge in [-0.15, -0.1) is 0 Å². The number of hydrogen-bond donors (Lipinski definition) is 1. The summed E-state index contributed by atoms with van der Waals surface area (Å²) in [6.45, 7) is 4.78. The van der Waals surface area contributed by atoms with Crippen LogP contribution in [0.2, 0.25) is 0 Å². The van der Waals surface area contributed by atoms with Crippen molar-refractivity contribution in [2.45, 2.75) is 44.3 Å². The molecule has 3 nitrogen and oxygen atoms in total. The predicted molar refractivity (Wildman–Crippen MR) is 81.6 cm³/mol. The molecule has 1 aliphatic carbocycles. The van der Waals surface area contributed by atoms with Crippen LogP contribution in [-0.2, 0) is 6.54 Å². The average Bonchev–Trinajstić information content (AvgIpc) is 2.41. The van der Waals surface area contributed by atoms with Crippen LogP contribution in [0.5, 0.6) is 0 Å². The third kappa shape index (κ3) is 3.22. The van der Waals surface area contributed by atoms with Gasteiger partial charge in [-0.3, -0.25) is 9.80 Å². The molecule has 1 aromatic carbocycles. The van der Waals surface area contributed by atoms with Gasteiger partial charge in [-0.1, -0.05) is 36.8 Å². The molecule has 0 amide bonds. The van der Waals surface area contributed by atoms with Gasteiger partial charge in [0.2, 0.25) is 0 Å². The molecule has 2 fully saturated rings. The first-order chi connectivity index (χ1) is 9.86. The maximum absolute atomic E-state index is 9.35. The molecule has 2 aliphatic rings. The fourth-order valence-corrected chi connectivity index (χ4v) is 3.45. The number of benzene rings is 1. The Balaban J connectivity index is 1.61. The Labute approximate surface area is 122 Å². The smallest absolute Gasteiger partial charge is 0.0446 e. The maximum atomic E-state index is 9.35. The van der Waals surface area contributed by atoms with Crippen LogP contribution < -0.4 is 0 Å². The predicted octanol–water partition coefficient (Wildman–Crippen LogP) is 2.11. The molecule has 1 aromatic rings. The molecule has 1 heterocycles. The lowest BCUT2D eigenvalue weighted by molar-refractivity contribution is 0.0112. The largest absolute Gasteiger partial charge is 0.396 e. The summed E-state index contributed by atoms with van der Waals surface area (Å²) in [5.74, 6) is 0. The van der Waals surface area contributed by atoms with E-state index in [9.17, 15) is 5.11 Å². The molecule has 1 unspecified atom stereocenters. The summed E-state index contributed by atoms with van der Waals surface area (Å²) in [5, 5.41) is 9.35. The van der Waals surface area contributed by atoms with E-state index in [0.717, 1.165) is 32.1 Å². The third-order valence-corrected chi connectivity index (χ3v) is 4.92. The van der Waals surface area contributed by atoms with Gasteiger partial charge in [-0.05, 0) is 24.8 Å². The van der Waals surface area contributed by atoms with E-state index in [2.05, 4.69) is 40.1 Å². The molecule has 1 atom stereocenters. The molecule has 110 valence electrons. The minimum absolute atomic E-state index is 0.300. The van der Waals surface area contributed by atoms with E-state index in [-0.39, 0.29) is 0 Å². The summed E-state index contributed by atoms with van der Waals surface area (Å²) < 4.78 is 0. The number of aliphatic hydroxyl groups excluding tert-OH is 1. The van der Waals surface area contributed by atoms with Gasteiger partial charge >= 0.3 is 0 Å². The SMILES string of the molecule is OCCC1CN(C2CCC2)CCN1Cc1ccccc1. The van der Waals surface area contributed by atoms with Gasteiger partial charge in [0.15, 0.2) is 0 Å². The Morgan fingerprint density at radius 2 is 1.90 bits per heavy atom. The second-order valence-electron chi connectivity index (χ2n) is 6.20. The van der Waals surface area contributed by atoms with E-state index in [0.29, 0.717) is 12.6 Å². The van der Waals surface area contributed by atoms with Crippen molar-refractivity contribution in [3.05, 3.63) is 35.9 Å². The average molecular weight is 274 g/mol. The monoisotopic (exact) mass is 274 g/mol. The highest BCUT2D eigenvalue weighted by atomic mass is 16.3. The first kappa shape index (κ1) is 14.1. The van der Waals surface area contributed by atoms with Crippen molar-refractivity contribution in [1.29, 1.82) is 0 Å². The molecule has 0 spiro atoms. The number of piperazine rings is 1. The Morgan fingerprint density at radius 3 is 2.55 bits per heavy atom. The summed E-state index contributed by atoms with van der Waals surface area (Å²) in [6.07, 6.45) is 5.06. The zero-order valence-electron chi connectivity index (χ0n) is 12.2. The van der Waals surface area contributed by atoms with E-state index in [4.69, 9.17) is 0 Å². The van der Waals surface area contributed by atoms with Gasteiger partial charge < -0.3 is 5.11 Å². The van der Waals surface area contributed by atoms with E-state index in [1.54, 1.807) is 0 Å². The number of rotatable bonds is 5. The highest BCUT2D eigenvalue weighted by Crippen LogP contribution is 2.28. The third-order valence-electron chi connectivity index (χ3n) is 4.92. The minimum atomic E-state index is 0.300. The highest BCUT2D eigenvalue weighted by molar-refractivity contribution is 5.14. The van der Waals surface area contributed by atoms with Crippen LogP contribution in [-0.4, -0.2) is 53.2 Å². The van der Waals surface area contributed by atoms with Crippen LogP contribution in [0, 0.1) is 0 Å². The van der Waals surface area contributed by atoms with Crippen molar-refractivity contribution in [3.8, 4) is 0 Å². The molecule has 0 bridgehead atoms. The zero-order valence-corrected chi connectivity index (χ0v) is 12.2. The van der Waals surface area contributed by atoms with E-state index in [1.807, 2.05) is 0 Å². The van der Waals surface area contributed by atoms with Crippen LogP contribution in [0.1, 0.15) is 31.2 Å². The Hall–Kier alpha value is -0.900. The highest BCUT2D eigenvalue weighted by Gasteiger charge is 2.32. The van der Waals surface area contributed by atoms with Crippen molar-refractivity contribution >= 4 is 0 Å². The van der Waals surface area contributed by atoms with Crippen molar-refractivity contribution < 1.29 is 5.11 Å². The molecular formula is C17H26N2O. The second-order valence-corrected chi connectivity index (χ2v) is 6.20. The molecule has 3 rings (SSSR count). The lowest BCUT2D eigenvalue weighted by Gasteiger charge is -2.47. The fraction of sp³-hybridized carbons (Fsp3) is 0.647. The lowest BCUT2D eigenvalue weighted by atomic mass is 9.90. The summed E-state index contributed by atoms with van der Waals surface area (Å²) in [7, 11) is 0. The molecule has 0 radical (unpaired) electrons. The Bertz CT molecular complexity index is 405. The first-order valence-corrected chi connectivity index (χ1v) is 7.99. The minimum Gasteiger partial charge on any atom is -0.396 e. The Kier molecular flexibility index (Phi) is 4.71. The van der Waals surface area contributed by atoms with Gasteiger partial charge in [0.1, 0.15) is 0 Å². The number of hydrogen-bond acceptors (Lipinski definition) is 3. The lowest BCUT2D eigenvalue weighted by Crippen LogP contribution is -2.57. The molecule has 1 aliphatic heterocycles. The molecule has 0 aromatic heterocycles. The van der Waals surface area contributed by atoms with Crippen LogP contribution in [0.4, 0.5) is 0 Å². The molecule has 3 heteroatoms. The molecule has 1 N–H and O–H groups in total. The molecule has 1 saturated carbocycles. The summed E-state index contributed by atoms with van der Waals surface area (Å²) in [6, 6.07) is 12.0. The van der Waals surface area contributed by atoms with Crippen molar-refractivity contribution in [3.63, 3.8) is 0 Å². The van der Waals surface area contributed by atoms with Gasteiger partial charge in [0.25, 0.3) is 0 Å².